The Morgan fingerprint density at radius 3 is 2.71 bits per heavy atom. The molecule has 4 nitrogen and oxygen atoms in total. The number of halogens is 1. The largest absolute Gasteiger partial charge is 0.411 e. The second-order valence-electron chi connectivity index (χ2n) is 3.54. The van der Waals surface area contributed by atoms with Gasteiger partial charge in [0, 0.05) is 15.8 Å². The molecule has 0 amide bonds. The summed E-state index contributed by atoms with van der Waals surface area (Å²) in [6, 6.07) is 7.64. The van der Waals surface area contributed by atoms with Gasteiger partial charge in [-0.15, -0.1) is 10.2 Å². The molecule has 0 bridgehead atoms. The Hall–Kier alpha value is -0.850. The first-order chi connectivity index (χ1) is 8.15. The van der Waals surface area contributed by atoms with Crippen molar-refractivity contribution in [3.63, 3.8) is 0 Å². The van der Waals surface area contributed by atoms with Gasteiger partial charge in [-0.3, -0.25) is 0 Å². The SMILES string of the molecule is C[C@@H](O)CSc1nnc(-c2ccc(Br)cc2)o1. The van der Waals surface area contributed by atoms with Crippen molar-refractivity contribution in [2.75, 3.05) is 5.75 Å². The summed E-state index contributed by atoms with van der Waals surface area (Å²) in [6.07, 6.45) is -0.386. The van der Waals surface area contributed by atoms with Gasteiger partial charge in [-0.2, -0.15) is 0 Å². The van der Waals surface area contributed by atoms with E-state index in [1.807, 2.05) is 24.3 Å². The van der Waals surface area contributed by atoms with Crippen molar-refractivity contribution in [2.45, 2.75) is 18.3 Å². The molecule has 90 valence electrons. The van der Waals surface area contributed by atoms with E-state index >= 15 is 0 Å². The van der Waals surface area contributed by atoms with Gasteiger partial charge in [0.25, 0.3) is 5.22 Å². The summed E-state index contributed by atoms with van der Waals surface area (Å²) in [4.78, 5) is 0. The van der Waals surface area contributed by atoms with E-state index in [1.165, 1.54) is 11.8 Å². The molecule has 0 aliphatic rings. The standard InChI is InChI=1S/C11H11BrN2O2S/c1-7(15)6-17-11-14-13-10(16-11)8-2-4-9(12)5-3-8/h2-5,7,15H,6H2,1H3/t7-/m1/s1. The van der Waals surface area contributed by atoms with E-state index in [2.05, 4.69) is 26.1 Å². The topological polar surface area (TPSA) is 59.2 Å². The van der Waals surface area contributed by atoms with E-state index in [0.717, 1.165) is 10.0 Å². The van der Waals surface area contributed by atoms with Crippen LogP contribution in [0.1, 0.15) is 6.92 Å². The molecule has 1 aromatic heterocycles. The maximum absolute atomic E-state index is 9.15. The average molecular weight is 315 g/mol. The molecule has 0 saturated carbocycles. The molecule has 0 unspecified atom stereocenters. The van der Waals surface area contributed by atoms with Crippen LogP contribution in [0.5, 0.6) is 0 Å². The van der Waals surface area contributed by atoms with Crippen molar-refractivity contribution >= 4 is 27.7 Å². The van der Waals surface area contributed by atoms with Crippen LogP contribution >= 0.6 is 27.7 Å². The number of hydrogen-bond acceptors (Lipinski definition) is 5. The average Bonchev–Trinajstić information content (AvgIpc) is 2.76. The maximum atomic E-state index is 9.15. The molecular formula is C11H11BrN2O2S. The summed E-state index contributed by atoms with van der Waals surface area (Å²) >= 11 is 4.71. The van der Waals surface area contributed by atoms with Crippen molar-refractivity contribution in [3.8, 4) is 11.5 Å². The van der Waals surface area contributed by atoms with Gasteiger partial charge in [-0.1, -0.05) is 27.7 Å². The zero-order chi connectivity index (χ0) is 12.3. The van der Waals surface area contributed by atoms with Gasteiger partial charge in [0.1, 0.15) is 0 Å². The van der Waals surface area contributed by atoms with Crippen LogP contribution in [0, 0.1) is 0 Å². The molecular weight excluding hydrogens is 304 g/mol. The smallest absolute Gasteiger partial charge is 0.276 e. The van der Waals surface area contributed by atoms with Crippen LogP contribution in [0.15, 0.2) is 38.4 Å². The third-order valence-electron chi connectivity index (χ3n) is 1.95. The number of thioether (sulfide) groups is 1. The predicted molar refractivity (Wildman–Crippen MR) is 69.8 cm³/mol. The summed E-state index contributed by atoms with van der Waals surface area (Å²) in [5.74, 6) is 1.03. The minimum absolute atomic E-state index is 0.386. The Bertz CT molecular complexity index is 484. The molecule has 0 spiro atoms. The fourth-order valence-corrected chi connectivity index (χ4v) is 2.05. The van der Waals surface area contributed by atoms with Crippen LogP contribution < -0.4 is 0 Å². The highest BCUT2D eigenvalue weighted by Gasteiger charge is 2.09. The number of benzene rings is 1. The molecule has 0 radical (unpaired) electrons. The Labute approximate surface area is 112 Å². The molecule has 1 atom stereocenters. The number of aliphatic hydroxyl groups excluding tert-OH is 1. The lowest BCUT2D eigenvalue weighted by molar-refractivity contribution is 0.220. The van der Waals surface area contributed by atoms with E-state index in [9.17, 15) is 0 Å². The quantitative estimate of drug-likeness (QED) is 0.879. The lowest BCUT2D eigenvalue weighted by atomic mass is 10.2. The van der Waals surface area contributed by atoms with Gasteiger partial charge in [-0.25, -0.2) is 0 Å². The third-order valence-corrected chi connectivity index (χ3v) is 3.54. The van der Waals surface area contributed by atoms with Crippen molar-refractivity contribution in [2.24, 2.45) is 0 Å². The van der Waals surface area contributed by atoms with Gasteiger partial charge >= 0.3 is 0 Å². The molecule has 0 saturated heterocycles. The second kappa shape index (κ2) is 5.66. The minimum Gasteiger partial charge on any atom is -0.411 e. The molecule has 0 aliphatic heterocycles. The van der Waals surface area contributed by atoms with Crippen LogP contribution in [0.2, 0.25) is 0 Å². The minimum atomic E-state index is -0.386. The summed E-state index contributed by atoms with van der Waals surface area (Å²) in [7, 11) is 0. The second-order valence-corrected chi connectivity index (χ2v) is 5.43. The van der Waals surface area contributed by atoms with Crippen LogP contribution in [0.3, 0.4) is 0 Å². The van der Waals surface area contributed by atoms with Gasteiger partial charge < -0.3 is 9.52 Å². The number of hydrogen-bond donors (Lipinski definition) is 1. The normalized spacial score (nSPS) is 12.6. The molecule has 0 aliphatic carbocycles. The molecule has 1 heterocycles. The van der Waals surface area contributed by atoms with Crippen molar-refractivity contribution < 1.29 is 9.52 Å². The Balaban J connectivity index is 2.10. The van der Waals surface area contributed by atoms with Crippen LogP contribution in [0.4, 0.5) is 0 Å². The first kappa shape index (κ1) is 12.6. The van der Waals surface area contributed by atoms with Gasteiger partial charge in [0.2, 0.25) is 5.89 Å². The Morgan fingerprint density at radius 1 is 1.35 bits per heavy atom. The zero-order valence-electron chi connectivity index (χ0n) is 9.13. The number of nitrogens with zero attached hydrogens (tertiary/aromatic N) is 2. The fourth-order valence-electron chi connectivity index (χ4n) is 1.17. The predicted octanol–water partition coefficient (Wildman–Crippen LogP) is 2.97. The summed E-state index contributed by atoms with van der Waals surface area (Å²) < 4.78 is 6.48. The zero-order valence-corrected chi connectivity index (χ0v) is 11.5. The monoisotopic (exact) mass is 314 g/mol. The third kappa shape index (κ3) is 3.55. The van der Waals surface area contributed by atoms with Crippen LogP contribution in [-0.4, -0.2) is 27.2 Å². The number of aromatic nitrogens is 2. The first-order valence-electron chi connectivity index (χ1n) is 5.05. The maximum Gasteiger partial charge on any atom is 0.276 e. The number of rotatable bonds is 4. The van der Waals surface area contributed by atoms with Crippen LogP contribution in [0.25, 0.3) is 11.5 Å². The molecule has 1 N–H and O–H groups in total. The summed E-state index contributed by atoms with van der Waals surface area (Å²) in [5.41, 5.74) is 0.879. The Kier molecular flexibility index (Phi) is 4.20. The highest BCUT2D eigenvalue weighted by Crippen LogP contribution is 2.24. The lowest BCUT2D eigenvalue weighted by Crippen LogP contribution is -2.02. The van der Waals surface area contributed by atoms with E-state index in [4.69, 9.17) is 9.52 Å². The summed E-state index contributed by atoms with van der Waals surface area (Å²) in [6.45, 7) is 1.72. The van der Waals surface area contributed by atoms with Gasteiger partial charge in [0.15, 0.2) is 0 Å². The summed E-state index contributed by atoms with van der Waals surface area (Å²) in [5, 5.41) is 17.5. The van der Waals surface area contributed by atoms with E-state index in [1.54, 1.807) is 6.92 Å². The van der Waals surface area contributed by atoms with Gasteiger partial charge in [0.05, 0.1) is 6.10 Å². The highest BCUT2D eigenvalue weighted by molar-refractivity contribution is 9.10. The van der Waals surface area contributed by atoms with Crippen LogP contribution in [-0.2, 0) is 0 Å². The van der Waals surface area contributed by atoms with Crippen molar-refractivity contribution in [1.29, 1.82) is 0 Å². The van der Waals surface area contributed by atoms with Gasteiger partial charge in [-0.05, 0) is 31.2 Å². The molecule has 17 heavy (non-hydrogen) atoms. The lowest BCUT2D eigenvalue weighted by Gasteiger charge is -1.98. The first-order valence-corrected chi connectivity index (χ1v) is 6.83. The van der Waals surface area contributed by atoms with Crippen molar-refractivity contribution in [1.82, 2.24) is 10.2 Å². The van der Waals surface area contributed by atoms with E-state index < -0.39 is 0 Å². The molecule has 2 aromatic rings. The number of aliphatic hydroxyl groups is 1. The fraction of sp³-hybridized carbons (Fsp3) is 0.273. The van der Waals surface area contributed by atoms with E-state index in [-0.39, 0.29) is 6.10 Å². The molecule has 6 heteroatoms. The molecule has 1 aromatic carbocycles. The molecule has 2 rings (SSSR count). The molecule has 0 fully saturated rings. The van der Waals surface area contributed by atoms with E-state index in [0.29, 0.717) is 16.9 Å². The Morgan fingerprint density at radius 2 is 2.06 bits per heavy atom. The van der Waals surface area contributed by atoms with Crippen molar-refractivity contribution in [3.05, 3.63) is 28.7 Å². The highest BCUT2D eigenvalue weighted by atomic mass is 79.9.